The van der Waals surface area contributed by atoms with Gasteiger partial charge < -0.3 is 5.32 Å². The summed E-state index contributed by atoms with van der Waals surface area (Å²) in [5.74, 6) is 0.0990. The molecule has 0 aliphatic heterocycles. The zero-order valence-electron chi connectivity index (χ0n) is 10.7. The Bertz CT molecular complexity index is 578. The van der Waals surface area contributed by atoms with E-state index in [1.807, 2.05) is 13.8 Å². The van der Waals surface area contributed by atoms with Gasteiger partial charge in [-0.3, -0.25) is 9.48 Å². The molecule has 1 amide bonds. The van der Waals surface area contributed by atoms with Crippen molar-refractivity contribution in [3.63, 3.8) is 0 Å². The molecule has 0 unspecified atom stereocenters. The lowest BCUT2D eigenvalue weighted by Crippen LogP contribution is -2.18. The average Bonchev–Trinajstić information content (AvgIpc) is 2.85. The molecule has 2 heterocycles. The van der Waals surface area contributed by atoms with Crippen LogP contribution in [0, 0.1) is 0 Å². The second kappa shape index (κ2) is 5.79. The monoisotopic (exact) mass is 279 g/mol. The van der Waals surface area contributed by atoms with Gasteiger partial charge in [-0.05, 0) is 19.4 Å². The van der Waals surface area contributed by atoms with Crippen molar-refractivity contribution >= 4 is 23.3 Å². The predicted molar refractivity (Wildman–Crippen MR) is 72.3 cm³/mol. The highest BCUT2D eigenvalue weighted by Crippen LogP contribution is 2.10. The minimum atomic E-state index is -0.259. The van der Waals surface area contributed by atoms with Crippen LogP contribution in [0.1, 0.15) is 30.0 Å². The predicted octanol–water partition coefficient (Wildman–Crippen LogP) is 2.16. The van der Waals surface area contributed by atoms with Crippen molar-refractivity contribution in [2.75, 3.05) is 5.32 Å². The van der Waals surface area contributed by atoms with Crippen molar-refractivity contribution in [1.82, 2.24) is 19.7 Å². The maximum absolute atomic E-state index is 12.1. The second-order valence-electron chi connectivity index (χ2n) is 3.87. The first-order chi connectivity index (χ1) is 9.13. The first-order valence-corrected chi connectivity index (χ1v) is 6.37. The van der Waals surface area contributed by atoms with E-state index >= 15 is 0 Å². The Balaban J connectivity index is 2.19. The van der Waals surface area contributed by atoms with Crippen LogP contribution < -0.4 is 5.32 Å². The Hall–Kier alpha value is -1.95. The number of rotatable bonds is 4. The van der Waals surface area contributed by atoms with Gasteiger partial charge in [0, 0.05) is 6.54 Å². The molecule has 0 aliphatic carbocycles. The van der Waals surface area contributed by atoms with Gasteiger partial charge in [-0.15, -0.1) is 0 Å². The number of hydrogen-bond donors (Lipinski definition) is 1. The van der Waals surface area contributed by atoms with E-state index in [1.165, 1.54) is 12.4 Å². The molecule has 0 radical (unpaired) electrons. The number of aromatic nitrogens is 4. The molecule has 7 heteroatoms. The maximum Gasteiger partial charge on any atom is 0.275 e. The van der Waals surface area contributed by atoms with E-state index < -0.39 is 0 Å². The van der Waals surface area contributed by atoms with Crippen LogP contribution in [0.5, 0.6) is 0 Å². The van der Waals surface area contributed by atoms with Crippen LogP contribution in [0.4, 0.5) is 5.82 Å². The molecule has 6 nitrogen and oxygen atoms in total. The molecule has 1 N–H and O–H groups in total. The lowest BCUT2D eigenvalue weighted by molar-refractivity contribution is 0.101. The summed E-state index contributed by atoms with van der Waals surface area (Å²) in [5, 5.41) is 7.27. The number of anilines is 1. The van der Waals surface area contributed by atoms with E-state index in [4.69, 9.17) is 11.6 Å². The fraction of sp³-hybridized carbons (Fsp3) is 0.333. The summed E-state index contributed by atoms with van der Waals surface area (Å²) in [6.07, 6.45) is 3.58. The minimum absolute atomic E-state index is 0.259. The molecule has 0 saturated heterocycles. The molecule has 0 saturated carbocycles. The van der Waals surface area contributed by atoms with Crippen molar-refractivity contribution < 1.29 is 4.79 Å². The number of amides is 1. The summed E-state index contributed by atoms with van der Waals surface area (Å²) in [6, 6.07) is 1.78. The third-order valence-corrected chi connectivity index (χ3v) is 2.78. The van der Waals surface area contributed by atoms with Crippen molar-refractivity contribution in [2.45, 2.75) is 26.8 Å². The largest absolute Gasteiger partial charge is 0.304 e. The molecule has 0 bridgehead atoms. The van der Waals surface area contributed by atoms with E-state index in [9.17, 15) is 4.79 Å². The zero-order valence-corrected chi connectivity index (χ0v) is 11.5. The number of aryl methyl sites for hydroxylation is 2. The highest BCUT2D eigenvalue weighted by atomic mass is 35.5. The Morgan fingerprint density at radius 1 is 1.37 bits per heavy atom. The van der Waals surface area contributed by atoms with Gasteiger partial charge >= 0.3 is 0 Å². The Kier molecular flexibility index (Phi) is 4.11. The lowest BCUT2D eigenvalue weighted by Gasteiger charge is -2.05. The van der Waals surface area contributed by atoms with Crippen molar-refractivity contribution in [1.29, 1.82) is 0 Å². The molecular weight excluding hydrogens is 266 g/mol. The molecule has 2 aromatic heterocycles. The van der Waals surface area contributed by atoms with E-state index in [2.05, 4.69) is 20.4 Å². The topological polar surface area (TPSA) is 72.7 Å². The van der Waals surface area contributed by atoms with Crippen molar-refractivity contribution in [3.05, 3.63) is 35.0 Å². The second-order valence-corrected chi connectivity index (χ2v) is 4.26. The molecular formula is C12H14ClN5O. The van der Waals surface area contributed by atoms with E-state index in [0.29, 0.717) is 18.1 Å². The number of nitrogens with one attached hydrogen (secondary N) is 1. The molecule has 2 aromatic rings. The summed E-state index contributed by atoms with van der Waals surface area (Å²) in [5.41, 5.74) is 1.39. The number of carbonyl (C=O) groups is 1. The highest BCUT2D eigenvalue weighted by Gasteiger charge is 2.14. The van der Waals surface area contributed by atoms with Crippen LogP contribution in [0.3, 0.4) is 0 Å². The summed E-state index contributed by atoms with van der Waals surface area (Å²) in [4.78, 5) is 20.0. The molecule has 19 heavy (non-hydrogen) atoms. The normalized spacial score (nSPS) is 10.5. The van der Waals surface area contributed by atoms with Crippen LogP contribution >= 0.6 is 11.6 Å². The Morgan fingerprint density at radius 2 is 2.16 bits per heavy atom. The summed E-state index contributed by atoms with van der Waals surface area (Å²) in [7, 11) is 0. The first-order valence-electron chi connectivity index (χ1n) is 5.99. The number of nitrogens with zero attached hydrogens (tertiary/aromatic N) is 4. The van der Waals surface area contributed by atoms with Gasteiger partial charge in [0.25, 0.3) is 5.91 Å². The SMILES string of the molecule is CCc1cc(C(=O)Nc2cnc(Cl)cn2)n(CC)n1. The molecule has 0 spiro atoms. The summed E-state index contributed by atoms with van der Waals surface area (Å²) >= 11 is 5.63. The van der Waals surface area contributed by atoms with Gasteiger partial charge in [-0.25, -0.2) is 9.97 Å². The molecule has 0 fully saturated rings. The van der Waals surface area contributed by atoms with Crippen LogP contribution in [0.15, 0.2) is 18.5 Å². The Labute approximate surface area is 115 Å². The summed E-state index contributed by atoms with van der Waals surface area (Å²) < 4.78 is 1.66. The van der Waals surface area contributed by atoms with Gasteiger partial charge in [-0.1, -0.05) is 18.5 Å². The molecule has 0 atom stereocenters. The van der Waals surface area contributed by atoms with E-state index in [1.54, 1.807) is 10.7 Å². The van der Waals surface area contributed by atoms with Crippen molar-refractivity contribution in [2.24, 2.45) is 0 Å². The molecule has 100 valence electrons. The number of halogens is 1. The fourth-order valence-electron chi connectivity index (χ4n) is 1.62. The Morgan fingerprint density at radius 3 is 2.74 bits per heavy atom. The number of carbonyl (C=O) groups excluding carboxylic acids is 1. The van der Waals surface area contributed by atoms with Crippen molar-refractivity contribution in [3.8, 4) is 0 Å². The van der Waals surface area contributed by atoms with Gasteiger partial charge in [0.15, 0.2) is 5.82 Å². The average molecular weight is 280 g/mol. The molecule has 0 aromatic carbocycles. The first kappa shape index (κ1) is 13.5. The van der Waals surface area contributed by atoms with Gasteiger partial charge in [0.05, 0.1) is 18.1 Å². The van der Waals surface area contributed by atoms with Gasteiger partial charge in [0.2, 0.25) is 0 Å². The molecule has 0 aliphatic rings. The summed E-state index contributed by atoms with van der Waals surface area (Å²) in [6.45, 7) is 4.56. The number of hydrogen-bond acceptors (Lipinski definition) is 4. The maximum atomic E-state index is 12.1. The van der Waals surface area contributed by atoms with Crippen LogP contribution in [0.25, 0.3) is 0 Å². The fourth-order valence-corrected chi connectivity index (χ4v) is 1.72. The smallest absolute Gasteiger partial charge is 0.275 e. The van der Waals surface area contributed by atoms with E-state index in [0.717, 1.165) is 12.1 Å². The van der Waals surface area contributed by atoms with Gasteiger partial charge in [-0.2, -0.15) is 5.10 Å². The third kappa shape index (κ3) is 3.08. The van der Waals surface area contributed by atoms with Crippen LogP contribution in [-0.2, 0) is 13.0 Å². The quantitative estimate of drug-likeness (QED) is 0.931. The zero-order chi connectivity index (χ0) is 13.8. The van der Waals surface area contributed by atoms with Gasteiger partial charge in [0.1, 0.15) is 10.8 Å². The van der Waals surface area contributed by atoms with Crippen LogP contribution in [-0.4, -0.2) is 25.7 Å². The van der Waals surface area contributed by atoms with Crippen LogP contribution in [0.2, 0.25) is 5.15 Å². The standard InChI is InChI=1S/C12H14ClN5O/c1-3-8-5-9(18(4-2)17-8)12(19)16-11-7-14-10(13)6-15-11/h5-7H,3-4H2,1-2H3,(H,15,16,19). The minimum Gasteiger partial charge on any atom is -0.304 e. The molecule has 2 rings (SSSR count). The highest BCUT2D eigenvalue weighted by molar-refractivity contribution is 6.29. The van der Waals surface area contributed by atoms with E-state index in [-0.39, 0.29) is 11.1 Å². The lowest BCUT2D eigenvalue weighted by atomic mass is 10.3. The third-order valence-electron chi connectivity index (χ3n) is 2.59.